The van der Waals surface area contributed by atoms with Gasteiger partial charge in [-0.15, -0.1) is 0 Å². The molecule has 0 atom stereocenters. The zero-order valence-electron chi connectivity index (χ0n) is 2.57. The fourth-order valence-electron chi connectivity index (χ4n) is 0. The van der Waals surface area contributed by atoms with Crippen molar-refractivity contribution in [2.75, 3.05) is 6.67 Å². The van der Waals surface area contributed by atoms with E-state index < -0.39 is 6.67 Å². The molecule has 0 saturated carbocycles. The van der Waals surface area contributed by atoms with Crippen molar-refractivity contribution in [2.45, 2.75) is 0 Å². The van der Waals surface area contributed by atoms with Crippen molar-refractivity contribution in [1.29, 1.82) is 0 Å². The van der Waals surface area contributed by atoms with Gasteiger partial charge in [-0.2, -0.15) is 0 Å². The van der Waals surface area contributed by atoms with E-state index >= 15 is 0 Å². The molecule has 0 aliphatic rings. The molecule has 0 bridgehead atoms. The molecule has 0 aliphatic heterocycles. The quantitative estimate of drug-likeness (QED) is 0.470. The Hall–Kier alpha value is -0.180. The summed E-state index contributed by atoms with van der Waals surface area (Å²) in [5, 5.41) is 0. The lowest BCUT2D eigenvalue weighted by Crippen LogP contribution is -2.08. The van der Waals surface area contributed by atoms with Crippen LogP contribution in [-0.2, 0) is 0 Å². The second-order valence-corrected chi connectivity index (χ2v) is 1.12. The summed E-state index contributed by atoms with van der Waals surface area (Å²) in [6.07, 6.45) is 0. The molecule has 0 heterocycles. The maximum Gasteiger partial charge on any atom is 0.139 e. The fraction of sp³-hybridized carbons (Fsp3) is 0.500. The van der Waals surface area contributed by atoms with Crippen LogP contribution < -0.4 is 5.73 Å². The molecule has 30 valence electrons. The lowest BCUT2D eigenvalue weighted by molar-refractivity contribution is 0.583. The van der Waals surface area contributed by atoms with E-state index in [1.165, 1.54) is 0 Å². The maximum atomic E-state index is 10.8. The molecule has 1 nitrogen and oxygen atoms in total. The predicted octanol–water partition coefficient (Wildman–Crippen LogP) is 0.242. The standard InChI is InChI=1S/C2H4FNS/c3-1-2(4)5/h1H2,(H2,4,5). The molecule has 0 saturated heterocycles. The van der Waals surface area contributed by atoms with Gasteiger partial charge in [0.1, 0.15) is 11.7 Å². The van der Waals surface area contributed by atoms with E-state index in [1.54, 1.807) is 0 Å². The van der Waals surface area contributed by atoms with Gasteiger partial charge in [0.2, 0.25) is 0 Å². The molecule has 0 unspecified atom stereocenters. The van der Waals surface area contributed by atoms with Crippen molar-refractivity contribution in [3.05, 3.63) is 0 Å². The Kier molecular flexibility index (Phi) is 2.01. The largest absolute Gasteiger partial charge is 0.391 e. The zero-order chi connectivity index (χ0) is 4.28. The SMILES string of the molecule is NC(=S)CF. The van der Waals surface area contributed by atoms with Gasteiger partial charge in [-0.3, -0.25) is 0 Å². The van der Waals surface area contributed by atoms with E-state index in [9.17, 15) is 4.39 Å². The van der Waals surface area contributed by atoms with E-state index in [2.05, 4.69) is 18.0 Å². The monoisotopic (exact) mass is 93.0 g/mol. The highest BCUT2D eigenvalue weighted by Gasteiger charge is 1.75. The number of hydrogen-bond donors (Lipinski definition) is 1. The molecular weight excluding hydrogens is 89.1 g/mol. The maximum absolute atomic E-state index is 10.8. The minimum atomic E-state index is -0.685. The van der Waals surface area contributed by atoms with Crippen LogP contribution in [0.3, 0.4) is 0 Å². The third-order valence-electron chi connectivity index (χ3n) is 0.132. The van der Waals surface area contributed by atoms with Gasteiger partial charge in [-0.25, -0.2) is 4.39 Å². The molecule has 0 aromatic rings. The Morgan fingerprint density at radius 1 is 2.00 bits per heavy atom. The van der Waals surface area contributed by atoms with E-state index in [4.69, 9.17) is 0 Å². The molecule has 2 N–H and O–H groups in total. The van der Waals surface area contributed by atoms with Crippen molar-refractivity contribution in [2.24, 2.45) is 5.73 Å². The van der Waals surface area contributed by atoms with Gasteiger partial charge in [0, 0.05) is 0 Å². The number of hydrogen-bond acceptors (Lipinski definition) is 1. The highest BCUT2D eigenvalue weighted by molar-refractivity contribution is 7.80. The lowest BCUT2D eigenvalue weighted by Gasteiger charge is -1.75. The molecular formula is C2H4FNS. The molecule has 0 fully saturated rings. The van der Waals surface area contributed by atoms with Gasteiger partial charge in [0.25, 0.3) is 0 Å². The Morgan fingerprint density at radius 2 is 2.20 bits per heavy atom. The Balaban J connectivity index is 2.85. The predicted molar refractivity (Wildman–Crippen MR) is 22.8 cm³/mol. The summed E-state index contributed by atoms with van der Waals surface area (Å²) < 4.78 is 10.8. The van der Waals surface area contributed by atoms with Gasteiger partial charge >= 0.3 is 0 Å². The molecule has 5 heavy (non-hydrogen) atoms. The summed E-state index contributed by atoms with van der Waals surface area (Å²) in [6.45, 7) is -0.685. The Labute approximate surface area is 35.0 Å². The average Bonchev–Trinajstić information content (AvgIpc) is 1.38. The van der Waals surface area contributed by atoms with Gasteiger partial charge < -0.3 is 5.73 Å². The van der Waals surface area contributed by atoms with Gasteiger partial charge in [-0.05, 0) is 0 Å². The highest BCUT2D eigenvalue weighted by atomic mass is 32.1. The third-order valence-corrected chi connectivity index (χ3v) is 0.241. The summed E-state index contributed by atoms with van der Waals surface area (Å²) in [7, 11) is 0. The summed E-state index contributed by atoms with van der Waals surface area (Å²) >= 11 is 4.10. The van der Waals surface area contributed by atoms with Crippen molar-refractivity contribution < 1.29 is 4.39 Å². The summed E-state index contributed by atoms with van der Waals surface area (Å²) in [4.78, 5) is -0.0787. The molecule has 0 rings (SSSR count). The lowest BCUT2D eigenvalue weighted by atomic mass is 10.8. The number of halogens is 1. The Morgan fingerprint density at radius 3 is 2.20 bits per heavy atom. The normalized spacial score (nSPS) is 7.40. The van der Waals surface area contributed by atoms with Crippen LogP contribution in [0.4, 0.5) is 4.39 Å². The van der Waals surface area contributed by atoms with Crippen molar-refractivity contribution in [3.63, 3.8) is 0 Å². The van der Waals surface area contributed by atoms with Crippen LogP contribution in [-0.4, -0.2) is 11.7 Å². The number of alkyl halides is 1. The van der Waals surface area contributed by atoms with E-state index in [1.807, 2.05) is 0 Å². The highest BCUT2D eigenvalue weighted by Crippen LogP contribution is 1.62. The first-order chi connectivity index (χ1) is 2.27. The fourth-order valence-corrected chi connectivity index (χ4v) is 0. The third kappa shape index (κ3) is 3.82. The van der Waals surface area contributed by atoms with E-state index in [0.29, 0.717) is 0 Å². The van der Waals surface area contributed by atoms with Crippen LogP contribution in [0.5, 0.6) is 0 Å². The number of nitrogens with two attached hydrogens (primary N) is 1. The molecule has 0 aromatic heterocycles. The topological polar surface area (TPSA) is 26.0 Å². The van der Waals surface area contributed by atoms with Crippen LogP contribution >= 0.6 is 12.2 Å². The summed E-state index contributed by atoms with van der Waals surface area (Å²) in [5.74, 6) is 0. The van der Waals surface area contributed by atoms with Crippen LogP contribution in [0, 0.1) is 0 Å². The van der Waals surface area contributed by atoms with Crippen molar-refractivity contribution in [1.82, 2.24) is 0 Å². The zero-order valence-corrected chi connectivity index (χ0v) is 3.39. The van der Waals surface area contributed by atoms with Gasteiger partial charge in [0.05, 0.1) is 0 Å². The first kappa shape index (κ1) is 4.82. The summed E-state index contributed by atoms with van der Waals surface area (Å²) in [5.41, 5.74) is 4.65. The Bertz CT molecular complexity index is 44.9. The van der Waals surface area contributed by atoms with Crippen molar-refractivity contribution in [3.8, 4) is 0 Å². The van der Waals surface area contributed by atoms with Gasteiger partial charge in [-0.1, -0.05) is 12.2 Å². The number of rotatable bonds is 1. The minimum absolute atomic E-state index is 0.0787. The smallest absolute Gasteiger partial charge is 0.139 e. The van der Waals surface area contributed by atoms with Crippen LogP contribution in [0.25, 0.3) is 0 Å². The van der Waals surface area contributed by atoms with Crippen LogP contribution in [0.15, 0.2) is 0 Å². The first-order valence-corrected chi connectivity index (χ1v) is 1.52. The molecule has 0 radical (unpaired) electrons. The van der Waals surface area contributed by atoms with E-state index in [0.717, 1.165) is 0 Å². The molecule has 0 aromatic carbocycles. The van der Waals surface area contributed by atoms with Crippen LogP contribution in [0.2, 0.25) is 0 Å². The second-order valence-electron chi connectivity index (χ2n) is 0.600. The molecule has 0 spiro atoms. The second kappa shape index (κ2) is 2.08. The molecule has 3 heteroatoms. The summed E-state index contributed by atoms with van der Waals surface area (Å²) in [6, 6.07) is 0. The first-order valence-electron chi connectivity index (χ1n) is 1.11. The number of thiocarbonyl (C=S) groups is 1. The van der Waals surface area contributed by atoms with E-state index in [-0.39, 0.29) is 4.99 Å². The average molecular weight is 93.1 g/mol. The minimum Gasteiger partial charge on any atom is -0.391 e. The van der Waals surface area contributed by atoms with Crippen LogP contribution in [0.1, 0.15) is 0 Å². The van der Waals surface area contributed by atoms with Gasteiger partial charge in [0.15, 0.2) is 0 Å². The van der Waals surface area contributed by atoms with Crippen molar-refractivity contribution >= 4 is 17.2 Å². The molecule has 0 amide bonds. The molecule has 0 aliphatic carbocycles.